The van der Waals surface area contributed by atoms with E-state index < -0.39 is 0 Å². The van der Waals surface area contributed by atoms with Gasteiger partial charge in [0.05, 0.1) is 5.92 Å². The fourth-order valence-corrected chi connectivity index (χ4v) is 3.12. The lowest BCUT2D eigenvalue weighted by molar-refractivity contribution is -0.138. The number of hydrogen-bond donors (Lipinski definition) is 0. The topological polar surface area (TPSA) is 56.5 Å². The van der Waals surface area contributed by atoms with E-state index >= 15 is 0 Å². The molecule has 22 heavy (non-hydrogen) atoms. The van der Waals surface area contributed by atoms with Crippen LogP contribution in [0.2, 0.25) is 0 Å². The van der Waals surface area contributed by atoms with Crippen molar-refractivity contribution in [1.29, 1.82) is 0 Å². The van der Waals surface area contributed by atoms with Crippen LogP contribution in [0.3, 0.4) is 0 Å². The highest BCUT2D eigenvalue weighted by molar-refractivity contribution is 5.84. The molecule has 0 unspecified atom stereocenters. The summed E-state index contributed by atoms with van der Waals surface area (Å²) in [6, 6.07) is 5.10. The Labute approximate surface area is 129 Å². The Morgan fingerprint density at radius 2 is 2.00 bits per heavy atom. The van der Waals surface area contributed by atoms with Crippen LogP contribution in [0.4, 0.5) is 0 Å². The third kappa shape index (κ3) is 2.78. The molecule has 0 amide bonds. The van der Waals surface area contributed by atoms with Crippen molar-refractivity contribution in [3.63, 3.8) is 0 Å². The molecule has 1 fully saturated rings. The smallest absolute Gasteiger partial charge is 0.336 e. The molecular weight excluding hydrogens is 280 g/mol. The van der Waals surface area contributed by atoms with Crippen LogP contribution in [0.1, 0.15) is 43.7 Å². The van der Waals surface area contributed by atoms with Gasteiger partial charge in [0.2, 0.25) is 0 Å². The monoisotopic (exact) mass is 300 g/mol. The average molecular weight is 300 g/mol. The largest absolute Gasteiger partial charge is 0.426 e. The van der Waals surface area contributed by atoms with Crippen LogP contribution in [0.25, 0.3) is 11.0 Å². The van der Waals surface area contributed by atoms with Crippen LogP contribution in [0.15, 0.2) is 27.4 Å². The maximum Gasteiger partial charge on any atom is 0.336 e. The quantitative estimate of drug-likeness (QED) is 0.492. The first-order chi connectivity index (χ1) is 10.6. The van der Waals surface area contributed by atoms with Gasteiger partial charge in [0.15, 0.2) is 0 Å². The fourth-order valence-electron chi connectivity index (χ4n) is 3.12. The molecule has 1 aromatic carbocycles. The molecule has 2 aromatic rings. The molecule has 0 aliphatic heterocycles. The third-order valence-electron chi connectivity index (χ3n) is 4.41. The van der Waals surface area contributed by atoms with Gasteiger partial charge in [0.1, 0.15) is 11.3 Å². The number of ether oxygens (including phenoxy) is 1. The van der Waals surface area contributed by atoms with Crippen LogP contribution in [0, 0.1) is 12.8 Å². The molecule has 1 aliphatic carbocycles. The number of aryl methyl sites for hydroxylation is 2. The van der Waals surface area contributed by atoms with Crippen molar-refractivity contribution in [3.8, 4) is 5.75 Å². The van der Waals surface area contributed by atoms with Crippen molar-refractivity contribution in [1.82, 2.24) is 0 Å². The highest BCUT2D eigenvalue weighted by Gasteiger charge is 2.25. The van der Waals surface area contributed by atoms with Crippen molar-refractivity contribution in [2.75, 3.05) is 0 Å². The minimum atomic E-state index is -0.387. The van der Waals surface area contributed by atoms with Crippen molar-refractivity contribution in [2.45, 2.75) is 46.0 Å². The van der Waals surface area contributed by atoms with Crippen LogP contribution in [-0.4, -0.2) is 5.97 Å². The normalized spacial score (nSPS) is 15.4. The lowest BCUT2D eigenvalue weighted by Gasteiger charge is -2.13. The summed E-state index contributed by atoms with van der Waals surface area (Å²) in [6.07, 6.45) is 4.74. The predicted molar refractivity (Wildman–Crippen MR) is 84.2 cm³/mol. The van der Waals surface area contributed by atoms with Gasteiger partial charge in [-0.1, -0.05) is 19.8 Å². The predicted octanol–water partition coefficient (Wildman–Crippen LogP) is 3.76. The summed E-state index contributed by atoms with van der Waals surface area (Å²) >= 11 is 0. The van der Waals surface area contributed by atoms with Gasteiger partial charge in [-0.15, -0.1) is 0 Å². The summed E-state index contributed by atoms with van der Waals surface area (Å²) < 4.78 is 10.9. The molecular formula is C18H20O4. The van der Waals surface area contributed by atoms with Crippen molar-refractivity contribution in [2.24, 2.45) is 5.92 Å². The molecule has 116 valence electrons. The summed E-state index contributed by atoms with van der Waals surface area (Å²) in [5.74, 6) is 0.354. The molecule has 0 radical (unpaired) electrons. The Kier molecular flexibility index (Phi) is 4.01. The zero-order valence-corrected chi connectivity index (χ0v) is 13.0. The number of fused-ring (bicyclic) bond motifs is 1. The summed E-state index contributed by atoms with van der Waals surface area (Å²) in [5, 5.41) is 0.886. The lowest BCUT2D eigenvalue weighted by Crippen LogP contribution is -2.18. The highest BCUT2D eigenvalue weighted by atomic mass is 16.5. The first-order valence-electron chi connectivity index (χ1n) is 7.87. The molecule has 1 aromatic heterocycles. The summed E-state index contributed by atoms with van der Waals surface area (Å²) in [4.78, 5) is 23.8. The molecule has 0 spiro atoms. The van der Waals surface area contributed by atoms with Gasteiger partial charge in [-0.25, -0.2) is 4.79 Å². The maximum atomic E-state index is 12.2. The molecule has 4 heteroatoms. The summed E-state index contributed by atoms with van der Waals surface area (Å²) in [7, 11) is 0. The van der Waals surface area contributed by atoms with E-state index in [9.17, 15) is 9.59 Å². The van der Waals surface area contributed by atoms with E-state index in [0.717, 1.165) is 48.6 Å². The number of hydrogen-bond acceptors (Lipinski definition) is 4. The number of carbonyl (C=O) groups is 1. The minimum absolute atomic E-state index is 0.00456. The van der Waals surface area contributed by atoms with Gasteiger partial charge >= 0.3 is 11.6 Å². The SMILES string of the molecule is CCc1cc2c(C)cc(=O)oc2cc1OC(=O)C1CCCC1. The second-order valence-corrected chi connectivity index (χ2v) is 5.96. The number of carbonyl (C=O) groups excluding carboxylic acids is 1. The van der Waals surface area contributed by atoms with Gasteiger partial charge in [0.25, 0.3) is 0 Å². The van der Waals surface area contributed by atoms with Crippen LogP contribution >= 0.6 is 0 Å². The Morgan fingerprint density at radius 3 is 2.68 bits per heavy atom. The third-order valence-corrected chi connectivity index (χ3v) is 4.41. The lowest BCUT2D eigenvalue weighted by atomic mass is 10.0. The first kappa shape index (κ1) is 14.8. The molecule has 0 N–H and O–H groups in total. The van der Waals surface area contributed by atoms with Crippen LogP contribution in [0.5, 0.6) is 5.75 Å². The Morgan fingerprint density at radius 1 is 1.27 bits per heavy atom. The molecule has 3 rings (SSSR count). The molecule has 1 heterocycles. The molecule has 1 aliphatic rings. The highest BCUT2D eigenvalue weighted by Crippen LogP contribution is 2.31. The summed E-state index contributed by atoms with van der Waals surface area (Å²) in [6.45, 7) is 3.89. The number of benzene rings is 1. The molecule has 1 saturated carbocycles. The van der Waals surface area contributed by atoms with Gasteiger partial charge < -0.3 is 9.15 Å². The van der Waals surface area contributed by atoms with Gasteiger partial charge in [-0.2, -0.15) is 0 Å². The maximum absolute atomic E-state index is 12.2. The van der Waals surface area contributed by atoms with E-state index in [2.05, 4.69) is 0 Å². The van der Waals surface area contributed by atoms with Crippen molar-refractivity contribution >= 4 is 16.9 Å². The van der Waals surface area contributed by atoms with Crippen LogP contribution < -0.4 is 10.4 Å². The van der Waals surface area contributed by atoms with E-state index in [4.69, 9.17) is 9.15 Å². The van der Waals surface area contributed by atoms with E-state index in [1.807, 2.05) is 19.9 Å². The standard InChI is InChI=1S/C18H20O4/c1-3-12-9-14-11(2)8-17(19)21-16(14)10-15(12)22-18(20)13-6-4-5-7-13/h8-10,13H,3-7H2,1-2H3. The zero-order valence-electron chi connectivity index (χ0n) is 13.0. The second kappa shape index (κ2) is 5.95. The van der Waals surface area contributed by atoms with Gasteiger partial charge in [-0.05, 0) is 43.4 Å². The Hall–Kier alpha value is -2.10. The average Bonchev–Trinajstić information content (AvgIpc) is 3.00. The minimum Gasteiger partial charge on any atom is -0.426 e. The number of esters is 1. The Bertz CT molecular complexity index is 766. The van der Waals surface area contributed by atoms with Crippen molar-refractivity contribution in [3.05, 3.63) is 39.7 Å². The first-order valence-corrected chi connectivity index (χ1v) is 7.87. The van der Waals surface area contributed by atoms with Crippen LogP contribution in [-0.2, 0) is 11.2 Å². The van der Waals surface area contributed by atoms with E-state index in [1.54, 1.807) is 6.07 Å². The number of rotatable bonds is 3. The van der Waals surface area contributed by atoms with Gasteiger partial charge in [0, 0.05) is 17.5 Å². The molecule has 0 saturated heterocycles. The molecule has 0 bridgehead atoms. The van der Waals surface area contributed by atoms with E-state index in [-0.39, 0.29) is 17.5 Å². The van der Waals surface area contributed by atoms with Gasteiger partial charge in [-0.3, -0.25) is 4.79 Å². The molecule has 0 atom stereocenters. The van der Waals surface area contributed by atoms with Crippen molar-refractivity contribution < 1.29 is 13.9 Å². The van der Waals surface area contributed by atoms with E-state index in [0.29, 0.717) is 11.3 Å². The summed E-state index contributed by atoms with van der Waals surface area (Å²) in [5.41, 5.74) is 1.91. The zero-order chi connectivity index (χ0) is 15.7. The Balaban J connectivity index is 2.00. The fraction of sp³-hybridized carbons (Fsp3) is 0.444. The molecule has 4 nitrogen and oxygen atoms in total. The van der Waals surface area contributed by atoms with E-state index in [1.165, 1.54) is 6.07 Å². The second-order valence-electron chi connectivity index (χ2n) is 5.96.